The lowest BCUT2D eigenvalue weighted by molar-refractivity contribution is -0.154. The lowest BCUT2D eigenvalue weighted by Crippen LogP contribution is -2.39. The summed E-state index contributed by atoms with van der Waals surface area (Å²) < 4.78 is 5.07. The van der Waals surface area contributed by atoms with Crippen LogP contribution >= 0.6 is 0 Å². The Hall–Kier alpha value is -1.59. The van der Waals surface area contributed by atoms with E-state index in [0.29, 0.717) is 12.5 Å². The molecule has 6 heteroatoms. The van der Waals surface area contributed by atoms with Gasteiger partial charge in [-0.15, -0.1) is 0 Å². The molecule has 0 aliphatic heterocycles. The third kappa shape index (κ3) is 7.01. The Morgan fingerprint density at radius 2 is 1.61 bits per heavy atom. The van der Waals surface area contributed by atoms with E-state index in [2.05, 4.69) is 31.4 Å². The SMILES string of the molecule is CCNC(=O)CNC(=O)COC(=O)C1CCC(C(C)(C)C)CC1. The van der Waals surface area contributed by atoms with Gasteiger partial charge in [0.15, 0.2) is 6.61 Å². The summed E-state index contributed by atoms with van der Waals surface area (Å²) in [5.41, 5.74) is 0.272. The summed E-state index contributed by atoms with van der Waals surface area (Å²) in [6.07, 6.45) is 3.68. The molecular formula is C17H30N2O4. The maximum absolute atomic E-state index is 12.0. The first-order valence-corrected chi connectivity index (χ1v) is 8.44. The number of ether oxygens (including phenoxy) is 1. The number of amides is 2. The van der Waals surface area contributed by atoms with Crippen molar-refractivity contribution in [3.05, 3.63) is 0 Å². The molecule has 0 unspecified atom stereocenters. The van der Waals surface area contributed by atoms with Crippen LogP contribution in [0.4, 0.5) is 0 Å². The van der Waals surface area contributed by atoms with Crippen molar-refractivity contribution in [1.82, 2.24) is 10.6 Å². The smallest absolute Gasteiger partial charge is 0.309 e. The van der Waals surface area contributed by atoms with Crippen molar-refractivity contribution in [2.45, 2.75) is 53.4 Å². The molecule has 0 spiro atoms. The summed E-state index contributed by atoms with van der Waals surface area (Å²) >= 11 is 0. The first kappa shape index (κ1) is 19.5. The molecule has 0 aromatic heterocycles. The highest BCUT2D eigenvalue weighted by atomic mass is 16.5. The molecule has 2 N–H and O–H groups in total. The van der Waals surface area contributed by atoms with Crippen LogP contribution in [-0.2, 0) is 19.1 Å². The lowest BCUT2D eigenvalue weighted by atomic mass is 9.70. The first-order valence-electron chi connectivity index (χ1n) is 8.44. The summed E-state index contributed by atoms with van der Waals surface area (Å²) in [6.45, 7) is 8.59. The molecule has 6 nitrogen and oxygen atoms in total. The average Bonchev–Trinajstić information content (AvgIpc) is 2.50. The van der Waals surface area contributed by atoms with E-state index in [9.17, 15) is 14.4 Å². The van der Waals surface area contributed by atoms with E-state index in [4.69, 9.17) is 4.74 Å². The average molecular weight is 326 g/mol. The molecule has 1 fully saturated rings. The Kier molecular flexibility index (Phi) is 7.52. The van der Waals surface area contributed by atoms with Crippen LogP contribution in [0.5, 0.6) is 0 Å². The van der Waals surface area contributed by atoms with Crippen LogP contribution in [0.3, 0.4) is 0 Å². The number of rotatable bonds is 6. The number of hydrogen-bond acceptors (Lipinski definition) is 4. The van der Waals surface area contributed by atoms with Gasteiger partial charge in [-0.3, -0.25) is 14.4 Å². The fraction of sp³-hybridized carbons (Fsp3) is 0.824. The molecule has 1 rings (SSSR count). The number of nitrogens with one attached hydrogen (secondary N) is 2. The van der Waals surface area contributed by atoms with Gasteiger partial charge in [-0.25, -0.2) is 0 Å². The van der Waals surface area contributed by atoms with Crippen LogP contribution in [0.25, 0.3) is 0 Å². The minimum Gasteiger partial charge on any atom is -0.455 e. The van der Waals surface area contributed by atoms with E-state index in [1.54, 1.807) is 6.92 Å². The number of carbonyl (C=O) groups is 3. The van der Waals surface area contributed by atoms with Gasteiger partial charge in [-0.05, 0) is 43.9 Å². The van der Waals surface area contributed by atoms with Crippen molar-refractivity contribution >= 4 is 17.8 Å². The normalized spacial score (nSPS) is 21.4. The molecule has 0 bridgehead atoms. The first-order chi connectivity index (χ1) is 10.7. The maximum atomic E-state index is 12.0. The second kappa shape index (κ2) is 8.89. The fourth-order valence-electron chi connectivity index (χ4n) is 2.94. The monoisotopic (exact) mass is 326 g/mol. The Morgan fingerprint density at radius 3 is 2.13 bits per heavy atom. The van der Waals surface area contributed by atoms with Crippen molar-refractivity contribution in [2.24, 2.45) is 17.3 Å². The molecular weight excluding hydrogens is 296 g/mol. The Balaban J connectivity index is 2.24. The predicted molar refractivity (Wildman–Crippen MR) is 87.6 cm³/mol. The van der Waals surface area contributed by atoms with E-state index in [-0.39, 0.29) is 36.4 Å². The van der Waals surface area contributed by atoms with Gasteiger partial charge in [0.2, 0.25) is 5.91 Å². The molecule has 1 aliphatic carbocycles. The Bertz CT molecular complexity index is 421. The Labute approximate surface area is 138 Å². The van der Waals surface area contributed by atoms with Crippen LogP contribution < -0.4 is 10.6 Å². The summed E-state index contributed by atoms with van der Waals surface area (Å²) in [4.78, 5) is 34.8. The molecule has 132 valence electrons. The minimum absolute atomic E-state index is 0.0963. The highest BCUT2D eigenvalue weighted by Gasteiger charge is 2.33. The van der Waals surface area contributed by atoms with Crippen molar-refractivity contribution in [1.29, 1.82) is 0 Å². The molecule has 23 heavy (non-hydrogen) atoms. The van der Waals surface area contributed by atoms with Gasteiger partial charge < -0.3 is 15.4 Å². The van der Waals surface area contributed by atoms with Gasteiger partial charge in [-0.2, -0.15) is 0 Å². The highest BCUT2D eigenvalue weighted by Crippen LogP contribution is 2.40. The van der Waals surface area contributed by atoms with Crippen LogP contribution in [0.2, 0.25) is 0 Å². The summed E-state index contributed by atoms with van der Waals surface area (Å²) in [5.74, 6) is -0.483. The van der Waals surface area contributed by atoms with Gasteiger partial charge in [0.05, 0.1) is 12.5 Å². The fourth-order valence-corrected chi connectivity index (χ4v) is 2.94. The highest BCUT2D eigenvalue weighted by molar-refractivity contribution is 5.86. The number of carbonyl (C=O) groups excluding carboxylic acids is 3. The van der Waals surface area contributed by atoms with Crippen LogP contribution in [-0.4, -0.2) is 37.5 Å². The van der Waals surface area contributed by atoms with E-state index in [0.717, 1.165) is 25.7 Å². The lowest BCUT2D eigenvalue weighted by Gasteiger charge is -2.36. The number of likely N-dealkylation sites (N-methyl/N-ethyl adjacent to an activating group) is 1. The molecule has 1 aliphatic rings. The molecule has 0 heterocycles. The zero-order valence-electron chi connectivity index (χ0n) is 14.7. The second-order valence-corrected chi connectivity index (χ2v) is 7.25. The molecule has 0 aromatic rings. The van der Waals surface area contributed by atoms with Crippen LogP contribution in [0.1, 0.15) is 53.4 Å². The summed E-state index contributed by atoms with van der Waals surface area (Å²) in [6, 6.07) is 0. The maximum Gasteiger partial charge on any atom is 0.309 e. The molecule has 2 amide bonds. The van der Waals surface area contributed by atoms with E-state index >= 15 is 0 Å². The van der Waals surface area contributed by atoms with E-state index in [1.165, 1.54) is 0 Å². The topological polar surface area (TPSA) is 84.5 Å². The van der Waals surface area contributed by atoms with Crippen molar-refractivity contribution < 1.29 is 19.1 Å². The van der Waals surface area contributed by atoms with Crippen molar-refractivity contribution in [3.63, 3.8) is 0 Å². The van der Waals surface area contributed by atoms with Crippen molar-refractivity contribution in [2.75, 3.05) is 19.7 Å². The molecule has 0 aromatic carbocycles. The quantitative estimate of drug-likeness (QED) is 0.727. The standard InChI is InChI=1S/C17H30N2O4/c1-5-18-14(20)10-19-15(21)11-23-16(22)12-6-8-13(9-7-12)17(2,3)4/h12-13H,5-11H2,1-4H3,(H,18,20)(H,19,21). The molecule has 0 saturated heterocycles. The van der Waals surface area contributed by atoms with Crippen LogP contribution in [0.15, 0.2) is 0 Å². The Morgan fingerprint density at radius 1 is 1.00 bits per heavy atom. The second-order valence-electron chi connectivity index (χ2n) is 7.25. The van der Waals surface area contributed by atoms with E-state index in [1.807, 2.05) is 0 Å². The molecule has 0 atom stereocenters. The molecule has 1 saturated carbocycles. The molecule has 0 radical (unpaired) electrons. The van der Waals surface area contributed by atoms with E-state index < -0.39 is 5.91 Å². The number of hydrogen-bond donors (Lipinski definition) is 2. The van der Waals surface area contributed by atoms with Gasteiger partial charge >= 0.3 is 5.97 Å². The summed E-state index contributed by atoms with van der Waals surface area (Å²) in [7, 11) is 0. The van der Waals surface area contributed by atoms with Gasteiger partial charge in [0.1, 0.15) is 0 Å². The minimum atomic E-state index is -0.451. The summed E-state index contributed by atoms with van der Waals surface area (Å²) in [5, 5.41) is 5.00. The zero-order valence-corrected chi connectivity index (χ0v) is 14.7. The van der Waals surface area contributed by atoms with Gasteiger partial charge in [0.25, 0.3) is 5.91 Å². The largest absolute Gasteiger partial charge is 0.455 e. The predicted octanol–water partition coefficient (Wildman–Crippen LogP) is 1.63. The van der Waals surface area contributed by atoms with Crippen molar-refractivity contribution in [3.8, 4) is 0 Å². The van der Waals surface area contributed by atoms with Gasteiger partial charge in [0, 0.05) is 6.54 Å². The third-order valence-electron chi connectivity index (χ3n) is 4.45. The number of esters is 1. The van der Waals surface area contributed by atoms with Crippen LogP contribution in [0, 0.1) is 17.3 Å². The zero-order chi connectivity index (χ0) is 17.5. The van der Waals surface area contributed by atoms with Gasteiger partial charge in [-0.1, -0.05) is 20.8 Å². The third-order valence-corrected chi connectivity index (χ3v) is 4.45.